The summed E-state index contributed by atoms with van der Waals surface area (Å²) in [6, 6.07) is 22.9. The van der Waals surface area contributed by atoms with Gasteiger partial charge in [-0.05, 0) is 35.7 Å². The van der Waals surface area contributed by atoms with Gasteiger partial charge in [-0.1, -0.05) is 55.5 Å². The van der Waals surface area contributed by atoms with Crippen molar-refractivity contribution < 1.29 is 23.5 Å². The van der Waals surface area contributed by atoms with E-state index in [2.05, 4.69) is 26.2 Å². The average molecular weight is 602 g/mol. The third-order valence-corrected chi connectivity index (χ3v) is 9.50. The highest BCUT2D eigenvalue weighted by Gasteiger charge is 2.56. The lowest BCUT2D eigenvalue weighted by molar-refractivity contribution is -0.0526. The van der Waals surface area contributed by atoms with Crippen LogP contribution in [0.3, 0.4) is 0 Å². The van der Waals surface area contributed by atoms with E-state index in [4.69, 9.17) is 19.5 Å². The fourth-order valence-corrected chi connectivity index (χ4v) is 6.83. The molecule has 0 aliphatic carbocycles. The predicted molar refractivity (Wildman–Crippen MR) is 160 cm³/mol. The van der Waals surface area contributed by atoms with Crippen molar-refractivity contribution in [3.8, 4) is 6.07 Å². The minimum Gasteiger partial charge on any atom is -0.390 e. The zero-order chi connectivity index (χ0) is 30.0. The molecular formula is C30H32N7O5P. The SMILES string of the molecule is CC1C(O)C(COP(=O)(NCCc2c[nH]c3ccccc23)OCc2ccccc2)OC1(C#N)c1ccc2c(N)ncnn12. The number of anilines is 1. The van der Waals surface area contributed by atoms with Gasteiger partial charge in [0.2, 0.25) is 5.60 Å². The number of para-hydroxylation sites is 1. The first-order valence-corrected chi connectivity index (χ1v) is 15.5. The second-order valence-electron chi connectivity index (χ2n) is 10.5. The average Bonchev–Trinajstić information content (AvgIpc) is 3.72. The predicted octanol–water partition coefficient (Wildman–Crippen LogP) is 4.08. The van der Waals surface area contributed by atoms with Crippen LogP contribution in [0.4, 0.5) is 5.82 Å². The van der Waals surface area contributed by atoms with E-state index >= 15 is 0 Å². The molecule has 3 aromatic heterocycles. The minimum absolute atomic E-state index is 0.0437. The summed E-state index contributed by atoms with van der Waals surface area (Å²) in [4.78, 5) is 7.24. The Bertz CT molecular complexity index is 1820. The topological polar surface area (TPSA) is 173 Å². The summed E-state index contributed by atoms with van der Waals surface area (Å²) < 4.78 is 33.4. The second-order valence-corrected chi connectivity index (χ2v) is 12.3. The van der Waals surface area contributed by atoms with Crippen molar-refractivity contribution in [2.45, 2.75) is 37.8 Å². The molecule has 13 heteroatoms. The number of aromatic amines is 1. The van der Waals surface area contributed by atoms with Crippen LogP contribution in [0.5, 0.6) is 0 Å². The van der Waals surface area contributed by atoms with Gasteiger partial charge in [-0.2, -0.15) is 10.4 Å². The van der Waals surface area contributed by atoms with Crippen molar-refractivity contribution in [1.29, 1.82) is 5.26 Å². The molecule has 0 amide bonds. The molecule has 1 fully saturated rings. The molecule has 43 heavy (non-hydrogen) atoms. The van der Waals surface area contributed by atoms with Gasteiger partial charge in [0.05, 0.1) is 25.0 Å². The summed E-state index contributed by atoms with van der Waals surface area (Å²) >= 11 is 0. The van der Waals surface area contributed by atoms with Crippen LogP contribution >= 0.6 is 7.75 Å². The van der Waals surface area contributed by atoms with E-state index in [1.807, 2.05) is 60.8 Å². The number of aliphatic hydroxyl groups excluding tert-OH is 1. The van der Waals surface area contributed by atoms with Crippen LogP contribution in [0.25, 0.3) is 16.4 Å². The van der Waals surface area contributed by atoms with Gasteiger partial charge in [-0.3, -0.25) is 9.05 Å². The van der Waals surface area contributed by atoms with Gasteiger partial charge in [0.25, 0.3) is 0 Å². The Kier molecular flexibility index (Phi) is 8.03. The Hall–Kier alpha value is -4.08. The summed E-state index contributed by atoms with van der Waals surface area (Å²) in [6.45, 7) is 1.77. The molecule has 5 unspecified atom stereocenters. The molecule has 5 aromatic rings. The normalized spacial score (nSPS) is 23.4. The lowest BCUT2D eigenvalue weighted by atomic mass is 9.85. The highest BCUT2D eigenvalue weighted by atomic mass is 31.2. The number of nitrogens with two attached hydrogens (primary N) is 1. The Morgan fingerprint density at radius 2 is 1.98 bits per heavy atom. The van der Waals surface area contributed by atoms with Crippen molar-refractivity contribution in [3.63, 3.8) is 0 Å². The number of aromatic nitrogens is 4. The zero-order valence-corrected chi connectivity index (χ0v) is 24.4. The van der Waals surface area contributed by atoms with Crippen LogP contribution in [0.2, 0.25) is 0 Å². The van der Waals surface area contributed by atoms with Crippen molar-refractivity contribution in [2.24, 2.45) is 5.92 Å². The molecule has 1 saturated heterocycles. The standard InChI is InChI=1S/C30H32N7O5P/c1-20-28(38)26(42-30(20,18-31)27-12-11-25-29(32)34-19-35-37(25)27)17-41-43(39,40-16-21-7-3-2-4-8-21)36-14-13-22-15-33-24-10-6-5-9-23(22)24/h2-12,15,19-20,26,28,33,38H,13-14,16-17H2,1H3,(H,36,39)(H2,32,34,35). The molecule has 0 radical (unpaired) electrons. The largest absolute Gasteiger partial charge is 0.405 e. The number of H-pyrrole nitrogens is 1. The van der Waals surface area contributed by atoms with Gasteiger partial charge >= 0.3 is 7.75 Å². The number of ether oxygens (including phenoxy) is 1. The van der Waals surface area contributed by atoms with Crippen molar-refractivity contribution in [3.05, 3.63) is 96.1 Å². The van der Waals surface area contributed by atoms with Gasteiger partial charge in [-0.25, -0.2) is 19.2 Å². The highest BCUT2D eigenvalue weighted by Crippen LogP contribution is 2.48. The summed E-state index contributed by atoms with van der Waals surface area (Å²) in [5, 5.41) is 29.8. The molecule has 6 rings (SSSR count). The second kappa shape index (κ2) is 11.9. The molecule has 222 valence electrons. The molecule has 1 aliphatic rings. The molecule has 1 aliphatic heterocycles. The van der Waals surface area contributed by atoms with Gasteiger partial charge in [0.15, 0.2) is 5.82 Å². The Balaban J connectivity index is 1.19. The van der Waals surface area contributed by atoms with Crippen molar-refractivity contribution in [2.75, 3.05) is 18.9 Å². The summed E-state index contributed by atoms with van der Waals surface area (Å²) in [5.74, 6) is -0.435. The Labute approximate surface area is 248 Å². The van der Waals surface area contributed by atoms with Crippen molar-refractivity contribution >= 4 is 30.0 Å². The number of nitrogen functional groups attached to an aromatic ring is 1. The highest BCUT2D eigenvalue weighted by molar-refractivity contribution is 7.51. The van der Waals surface area contributed by atoms with Gasteiger partial charge in [0, 0.05) is 29.6 Å². The van der Waals surface area contributed by atoms with Gasteiger partial charge < -0.3 is 20.6 Å². The molecule has 5 atom stereocenters. The monoisotopic (exact) mass is 601 g/mol. The quantitative estimate of drug-likeness (QED) is 0.162. The maximum atomic E-state index is 14.0. The van der Waals surface area contributed by atoms with E-state index in [-0.39, 0.29) is 19.0 Å². The van der Waals surface area contributed by atoms with Crippen LogP contribution in [-0.2, 0) is 37.0 Å². The first-order valence-electron chi connectivity index (χ1n) is 13.9. The maximum Gasteiger partial charge on any atom is 0.405 e. The number of nitrogens with zero attached hydrogens (tertiary/aromatic N) is 4. The molecular weight excluding hydrogens is 569 g/mol. The van der Waals surface area contributed by atoms with E-state index in [1.54, 1.807) is 19.1 Å². The number of aliphatic hydroxyl groups is 1. The van der Waals surface area contributed by atoms with Crippen LogP contribution < -0.4 is 10.8 Å². The number of rotatable bonds is 11. The van der Waals surface area contributed by atoms with Gasteiger partial charge in [0.1, 0.15) is 24.0 Å². The molecule has 4 heterocycles. The lowest BCUT2D eigenvalue weighted by Crippen LogP contribution is -2.34. The molecule has 12 nitrogen and oxygen atoms in total. The Morgan fingerprint density at radius 3 is 2.79 bits per heavy atom. The maximum absolute atomic E-state index is 14.0. The Morgan fingerprint density at radius 1 is 1.19 bits per heavy atom. The fourth-order valence-electron chi connectivity index (χ4n) is 5.52. The van der Waals surface area contributed by atoms with E-state index in [0.29, 0.717) is 24.2 Å². The lowest BCUT2D eigenvalue weighted by Gasteiger charge is -2.25. The molecule has 2 aromatic carbocycles. The molecule has 5 N–H and O–H groups in total. The number of hydrogen-bond donors (Lipinski definition) is 4. The molecule has 0 saturated carbocycles. The third kappa shape index (κ3) is 5.55. The van der Waals surface area contributed by atoms with Crippen LogP contribution in [0.1, 0.15) is 23.7 Å². The van der Waals surface area contributed by atoms with E-state index in [0.717, 1.165) is 22.0 Å². The summed E-state index contributed by atoms with van der Waals surface area (Å²) in [5.41, 5.74) is 8.22. The fraction of sp³-hybridized carbons (Fsp3) is 0.300. The number of hydrogen-bond acceptors (Lipinski definition) is 9. The van der Waals surface area contributed by atoms with Gasteiger partial charge in [-0.15, -0.1) is 0 Å². The smallest absolute Gasteiger partial charge is 0.390 e. The number of nitrogens with one attached hydrogen (secondary N) is 2. The van der Waals surface area contributed by atoms with E-state index in [9.17, 15) is 14.9 Å². The summed E-state index contributed by atoms with van der Waals surface area (Å²) in [7, 11) is -3.89. The summed E-state index contributed by atoms with van der Waals surface area (Å²) in [6.07, 6.45) is 1.69. The number of nitriles is 1. The third-order valence-electron chi connectivity index (χ3n) is 7.93. The first-order chi connectivity index (χ1) is 20.8. The van der Waals surface area contributed by atoms with Crippen LogP contribution in [0, 0.1) is 17.2 Å². The first kappa shape index (κ1) is 29.0. The van der Waals surface area contributed by atoms with E-state index < -0.39 is 31.5 Å². The molecule has 0 spiro atoms. The van der Waals surface area contributed by atoms with Crippen molar-refractivity contribution in [1.82, 2.24) is 24.7 Å². The number of fused-ring (bicyclic) bond motifs is 2. The minimum atomic E-state index is -3.89. The van der Waals surface area contributed by atoms with E-state index in [1.165, 1.54) is 10.8 Å². The van der Waals surface area contributed by atoms with Crippen LogP contribution in [-0.4, -0.2) is 50.0 Å². The number of benzene rings is 2. The molecule has 0 bridgehead atoms. The van der Waals surface area contributed by atoms with Crippen LogP contribution in [0.15, 0.2) is 79.3 Å². The zero-order valence-electron chi connectivity index (χ0n) is 23.5.